The van der Waals surface area contributed by atoms with Crippen LogP contribution in [0.4, 0.5) is 11.4 Å². The Kier molecular flexibility index (Phi) is 3.51. The average Bonchev–Trinajstić information content (AvgIpc) is 2.54. The smallest absolute Gasteiger partial charge is 0.126 e. The molecule has 2 aromatic rings. The molecule has 0 spiro atoms. The Hall–Kier alpha value is -2.03. The Morgan fingerprint density at radius 3 is 2.30 bits per heavy atom. The summed E-state index contributed by atoms with van der Waals surface area (Å²) in [5, 5.41) is 9.82. The van der Waals surface area contributed by atoms with E-state index in [-0.39, 0.29) is 5.54 Å². The SMILES string of the molecule is CC1(C)Nc2cc3ccccc3cc2NC1=NC1CCCCC1. The molecular weight excluding hydrogens is 282 g/mol. The van der Waals surface area contributed by atoms with Crippen molar-refractivity contribution in [2.24, 2.45) is 4.99 Å². The van der Waals surface area contributed by atoms with Crippen molar-refractivity contribution in [2.75, 3.05) is 10.6 Å². The first kappa shape index (κ1) is 14.6. The molecule has 1 fully saturated rings. The summed E-state index contributed by atoms with van der Waals surface area (Å²) in [7, 11) is 0. The fourth-order valence-electron chi connectivity index (χ4n) is 3.71. The zero-order valence-electron chi connectivity index (χ0n) is 14.0. The molecule has 2 aromatic carbocycles. The highest BCUT2D eigenvalue weighted by Crippen LogP contribution is 2.35. The van der Waals surface area contributed by atoms with E-state index in [2.05, 4.69) is 60.9 Å². The van der Waals surface area contributed by atoms with Crippen molar-refractivity contribution < 1.29 is 0 Å². The number of amidine groups is 1. The Bertz CT molecular complexity index is 755. The van der Waals surface area contributed by atoms with Crippen LogP contribution >= 0.6 is 0 Å². The molecule has 2 aliphatic rings. The van der Waals surface area contributed by atoms with E-state index in [4.69, 9.17) is 4.99 Å². The summed E-state index contributed by atoms with van der Waals surface area (Å²) in [6, 6.07) is 13.4. The van der Waals surface area contributed by atoms with Gasteiger partial charge in [0.15, 0.2) is 0 Å². The predicted octanol–water partition coefficient (Wildman–Crippen LogP) is 5.19. The molecular formula is C20H25N3. The lowest BCUT2D eigenvalue weighted by Crippen LogP contribution is -2.48. The number of nitrogens with zero attached hydrogens (tertiary/aromatic N) is 1. The third kappa shape index (κ3) is 2.80. The third-order valence-corrected chi connectivity index (χ3v) is 5.06. The molecule has 1 saturated carbocycles. The van der Waals surface area contributed by atoms with Crippen LogP contribution in [-0.2, 0) is 0 Å². The number of anilines is 2. The fourth-order valence-corrected chi connectivity index (χ4v) is 3.71. The fraction of sp³-hybridized carbons (Fsp3) is 0.450. The predicted molar refractivity (Wildman–Crippen MR) is 99.6 cm³/mol. The first-order chi connectivity index (χ1) is 11.1. The van der Waals surface area contributed by atoms with Gasteiger partial charge in [0.05, 0.1) is 23.0 Å². The van der Waals surface area contributed by atoms with Gasteiger partial charge in [-0.25, -0.2) is 0 Å². The minimum atomic E-state index is -0.160. The molecule has 0 saturated heterocycles. The minimum Gasteiger partial charge on any atom is -0.371 e. The van der Waals surface area contributed by atoms with E-state index in [1.807, 2.05) is 0 Å². The first-order valence-electron chi connectivity index (χ1n) is 8.78. The molecule has 23 heavy (non-hydrogen) atoms. The minimum absolute atomic E-state index is 0.160. The number of hydrogen-bond acceptors (Lipinski definition) is 2. The van der Waals surface area contributed by atoms with Gasteiger partial charge in [0.25, 0.3) is 0 Å². The van der Waals surface area contributed by atoms with Crippen molar-refractivity contribution in [1.82, 2.24) is 0 Å². The first-order valence-corrected chi connectivity index (χ1v) is 8.78. The lowest BCUT2D eigenvalue weighted by atomic mass is 9.94. The van der Waals surface area contributed by atoms with Crippen molar-refractivity contribution in [3.8, 4) is 0 Å². The molecule has 120 valence electrons. The Balaban J connectivity index is 1.71. The van der Waals surface area contributed by atoms with Gasteiger partial charge in [-0.1, -0.05) is 43.5 Å². The number of benzene rings is 2. The summed E-state index contributed by atoms with van der Waals surface area (Å²) in [6.07, 6.45) is 6.45. The largest absolute Gasteiger partial charge is 0.371 e. The van der Waals surface area contributed by atoms with E-state index >= 15 is 0 Å². The van der Waals surface area contributed by atoms with Gasteiger partial charge in [0, 0.05) is 0 Å². The molecule has 3 heteroatoms. The molecule has 0 atom stereocenters. The second-order valence-electron chi connectivity index (χ2n) is 7.39. The second kappa shape index (κ2) is 5.55. The number of rotatable bonds is 1. The molecule has 1 heterocycles. The van der Waals surface area contributed by atoms with E-state index in [1.54, 1.807) is 0 Å². The highest BCUT2D eigenvalue weighted by molar-refractivity contribution is 6.11. The second-order valence-corrected chi connectivity index (χ2v) is 7.39. The van der Waals surface area contributed by atoms with Crippen LogP contribution in [0.3, 0.4) is 0 Å². The lowest BCUT2D eigenvalue weighted by Gasteiger charge is -2.37. The normalized spacial score (nSPS) is 22.4. The molecule has 0 unspecified atom stereocenters. The molecule has 0 amide bonds. The standard InChI is InChI=1S/C20H25N3/c1-20(2)19(21-16-10-4-3-5-11-16)22-17-12-14-8-6-7-9-15(14)13-18(17)23-20/h6-9,12-13,16,23H,3-5,10-11H2,1-2H3,(H,21,22). The summed E-state index contributed by atoms with van der Waals surface area (Å²) in [6.45, 7) is 4.42. The van der Waals surface area contributed by atoms with Gasteiger partial charge in [-0.3, -0.25) is 4.99 Å². The number of nitrogens with one attached hydrogen (secondary N) is 2. The molecule has 0 aromatic heterocycles. The molecule has 1 aliphatic heterocycles. The summed E-state index contributed by atoms with van der Waals surface area (Å²) in [5.74, 6) is 1.08. The van der Waals surface area contributed by atoms with Crippen molar-refractivity contribution in [1.29, 1.82) is 0 Å². The number of hydrogen-bond donors (Lipinski definition) is 2. The van der Waals surface area contributed by atoms with Crippen LogP contribution in [0.2, 0.25) is 0 Å². The van der Waals surface area contributed by atoms with E-state index in [0.29, 0.717) is 6.04 Å². The van der Waals surface area contributed by atoms with Crippen LogP contribution < -0.4 is 10.6 Å². The summed E-state index contributed by atoms with van der Waals surface area (Å²) in [5.41, 5.74) is 2.14. The number of fused-ring (bicyclic) bond motifs is 2. The lowest BCUT2D eigenvalue weighted by molar-refractivity contribution is 0.441. The maximum absolute atomic E-state index is 5.07. The number of aliphatic imine (C=N–C) groups is 1. The Morgan fingerprint density at radius 2 is 1.61 bits per heavy atom. The van der Waals surface area contributed by atoms with Gasteiger partial charge in [0.1, 0.15) is 5.84 Å². The Morgan fingerprint density at radius 1 is 0.957 bits per heavy atom. The highest BCUT2D eigenvalue weighted by Gasteiger charge is 2.32. The molecule has 4 rings (SSSR count). The summed E-state index contributed by atoms with van der Waals surface area (Å²) < 4.78 is 0. The van der Waals surface area contributed by atoms with Crippen molar-refractivity contribution >= 4 is 28.0 Å². The summed E-state index contributed by atoms with van der Waals surface area (Å²) in [4.78, 5) is 5.07. The van der Waals surface area contributed by atoms with Gasteiger partial charge in [-0.2, -0.15) is 0 Å². The monoisotopic (exact) mass is 307 g/mol. The Labute approximate surface area is 138 Å². The van der Waals surface area contributed by atoms with Crippen LogP contribution in [0, 0.1) is 0 Å². The molecule has 1 aliphatic carbocycles. The van der Waals surface area contributed by atoms with Gasteiger partial charge >= 0.3 is 0 Å². The third-order valence-electron chi connectivity index (χ3n) is 5.06. The van der Waals surface area contributed by atoms with Crippen molar-refractivity contribution in [3.05, 3.63) is 36.4 Å². The maximum Gasteiger partial charge on any atom is 0.126 e. The van der Waals surface area contributed by atoms with Crippen molar-refractivity contribution in [2.45, 2.75) is 57.5 Å². The molecule has 0 radical (unpaired) electrons. The van der Waals surface area contributed by atoms with Crippen LogP contribution in [0.1, 0.15) is 46.0 Å². The topological polar surface area (TPSA) is 36.4 Å². The van der Waals surface area contributed by atoms with Crippen LogP contribution in [0.25, 0.3) is 10.8 Å². The summed E-state index contributed by atoms with van der Waals surface area (Å²) >= 11 is 0. The van der Waals surface area contributed by atoms with E-state index in [9.17, 15) is 0 Å². The zero-order valence-corrected chi connectivity index (χ0v) is 14.0. The van der Waals surface area contributed by atoms with E-state index < -0.39 is 0 Å². The van der Waals surface area contributed by atoms with Gasteiger partial charge in [-0.15, -0.1) is 0 Å². The van der Waals surface area contributed by atoms with Crippen LogP contribution in [0.15, 0.2) is 41.4 Å². The van der Waals surface area contributed by atoms with E-state index in [1.165, 1.54) is 42.9 Å². The van der Waals surface area contributed by atoms with E-state index in [0.717, 1.165) is 17.2 Å². The zero-order chi connectivity index (χ0) is 15.9. The van der Waals surface area contributed by atoms with Gasteiger partial charge in [0.2, 0.25) is 0 Å². The molecule has 2 N–H and O–H groups in total. The van der Waals surface area contributed by atoms with Gasteiger partial charge < -0.3 is 10.6 Å². The van der Waals surface area contributed by atoms with Crippen LogP contribution in [-0.4, -0.2) is 17.4 Å². The quantitative estimate of drug-likeness (QED) is 0.761. The maximum atomic E-state index is 5.07. The van der Waals surface area contributed by atoms with Crippen molar-refractivity contribution in [3.63, 3.8) is 0 Å². The highest BCUT2D eigenvalue weighted by atomic mass is 15.2. The average molecular weight is 307 g/mol. The van der Waals surface area contributed by atoms with Crippen LogP contribution in [0.5, 0.6) is 0 Å². The van der Waals surface area contributed by atoms with Gasteiger partial charge in [-0.05, 0) is 49.6 Å². The molecule has 0 bridgehead atoms. The molecule has 3 nitrogen and oxygen atoms in total.